The molecule has 0 radical (unpaired) electrons. The van der Waals surface area contributed by atoms with Gasteiger partial charge < -0.3 is 16.0 Å². The van der Waals surface area contributed by atoms with Crippen molar-refractivity contribution in [3.05, 3.63) is 29.8 Å². The predicted molar refractivity (Wildman–Crippen MR) is 99.5 cm³/mol. The third-order valence-electron chi connectivity index (χ3n) is 5.31. The van der Waals surface area contributed by atoms with Gasteiger partial charge in [-0.25, -0.2) is 4.79 Å². The molecule has 3 saturated heterocycles. The molecular weight excluding hydrogens is 340 g/mol. The number of halogens is 1. The largest absolute Gasteiger partial charge is 0.349 e. The van der Waals surface area contributed by atoms with Gasteiger partial charge in [-0.2, -0.15) is 0 Å². The number of amides is 3. The van der Waals surface area contributed by atoms with Gasteiger partial charge in [0.1, 0.15) is 0 Å². The fourth-order valence-electron chi connectivity index (χ4n) is 4.13. The van der Waals surface area contributed by atoms with Gasteiger partial charge in [0.05, 0.1) is 0 Å². The number of hydrogen-bond acceptors (Lipinski definition) is 3. The number of piperidine rings is 1. The first-order valence-electron chi connectivity index (χ1n) is 8.91. The van der Waals surface area contributed by atoms with Crippen LogP contribution in [-0.4, -0.2) is 43.2 Å². The normalized spacial score (nSPS) is 28.1. The minimum Gasteiger partial charge on any atom is -0.349 e. The smallest absolute Gasteiger partial charge is 0.321 e. The average molecular weight is 365 g/mol. The van der Waals surface area contributed by atoms with Gasteiger partial charge >= 0.3 is 6.03 Å². The summed E-state index contributed by atoms with van der Waals surface area (Å²) in [6.07, 6.45) is 5.38. The van der Waals surface area contributed by atoms with Crippen molar-refractivity contribution in [3.8, 4) is 0 Å². The van der Waals surface area contributed by atoms with Crippen LogP contribution >= 0.6 is 12.4 Å². The fourth-order valence-corrected chi connectivity index (χ4v) is 4.13. The molecule has 136 valence electrons. The Hall–Kier alpha value is -1.79. The molecule has 0 aliphatic carbocycles. The summed E-state index contributed by atoms with van der Waals surface area (Å²) in [5.74, 6) is -0.0411. The first kappa shape index (κ1) is 18.0. The highest BCUT2D eigenvalue weighted by Crippen LogP contribution is 2.27. The first-order chi connectivity index (χ1) is 11.7. The summed E-state index contributed by atoms with van der Waals surface area (Å²) >= 11 is 0. The molecule has 3 N–H and O–H groups in total. The molecule has 0 saturated carbocycles. The van der Waals surface area contributed by atoms with Crippen molar-refractivity contribution in [2.45, 2.75) is 50.2 Å². The Balaban J connectivity index is 0.00000182. The Morgan fingerprint density at radius 3 is 2.68 bits per heavy atom. The molecule has 3 aliphatic heterocycles. The summed E-state index contributed by atoms with van der Waals surface area (Å²) in [5, 5.41) is 9.61. The van der Waals surface area contributed by atoms with Crippen LogP contribution < -0.4 is 20.9 Å². The molecule has 1 aromatic rings. The Bertz CT molecular complexity index is 642. The van der Waals surface area contributed by atoms with E-state index in [1.54, 1.807) is 4.90 Å². The Labute approximate surface area is 154 Å². The van der Waals surface area contributed by atoms with Crippen molar-refractivity contribution >= 4 is 30.0 Å². The van der Waals surface area contributed by atoms with Gasteiger partial charge in [-0.15, -0.1) is 12.4 Å². The van der Waals surface area contributed by atoms with Gasteiger partial charge in [0.2, 0.25) is 0 Å². The lowest BCUT2D eigenvalue weighted by molar-refractivity contribution is 0.0924. The second-order valence-electron chi connectivity index (χ2n) is 7.07. The maximum atomic E-state index is 12.6. The molecule has 25 heavy (non-hydrogen) atoms. The molecule has 0 aromatic heterocycles. The van der Waals surface area contributed by atoms with Crippen LogP contribution in [0.3, 0.4) is 0 Å². The Morgan fingerprint density at radius 2 is 1.96 bits per heavy atom. The number of nitrogens with one attached hydrogen (secondary N) is 3. The van der Waals surface area contributed by atoms with E-state index in [1.165, 1.54) is 12.8 Å². The first-order valence-corrected chi connectivity index (χ1v) is 8.91. The number of urea groups is 1. The molecule has 3 amide bonds. The molecule has 1 aromatic carbocycles. The lowest BCUT2D eigenvalue weighted by Crippen LogP contribution is -2.48. The van der Waals surface area contributed by atoms with Crippen molar-refractivity contribution in [2.75, 3.05) is 18.0 Å². The molecule has 2 bridgehead atoms. The number of hydrogen-bond donors (Lipinski definition) is 3. The molecule has 3 fully saturated rings. The third kappa shape index (κ3) is 3.90. The number of rotatable bonds is 3. The van der Waals surface area contributed by atoms with Crippen molar-refractivity contribution in [1.29, 1.82) is 0 Å². The van der Waals surface area contributed by atoms with Gasteiger partial charge in [0.15, 0.2) is 0 Å². The summed E-state index contributed by atoms with van der Waals surface area (Å²) < 4.78 is 0. The highest BCUT2D eigenvalue weighted by atomic mass is 35.5. The van der Waals surface area contributed by atoms with Crippen LogP contribution in [0.5, 0.6) is 0 Å². The molecular formula is C18H25ClN4O2. The molecule has 4 rings (SSSR count). The third-order valence-corrected chi connectivity index (χ3v) is 5.31. The predicted octanol–water partition coefficient (Wildman–Crippen LogP) is 2.04. The summed E-state index contributed by atoms with van der Waals surface area (Å²) in [7, 11) is 0. The summed E-state index contributed by atoms with van der Waals surface area (Å²) in [4.78, 5) is 26.3. The van der Waals surface area contributed by atoms with Gasteiger partial charge in [0, 0.05) is 42.5 Å². The molecule has 2 atom stereocenters. The zero-order chi connectivity index (χ0) is 16.5. The van der Waals surface area contributed by atoms with E-state index >= 15 is 0 Å². The van der Waals surface area contributed by atoms with Crippen LogP contribution in [-0.2, 0) is 0 Å². The minimum absolute atomic E-state index is 0. The number of nitrogens with zero attached hydrogens (tertiary/aromatic N) is 1. The Morgan fingerprint density at radius 1 is 1.20 bits per heavy atom. The SMILES string of the molecule is Cl.O=C(NC1CC2CCC(C1)N2)c1cccc(N2CCCNC2=O)c1. The molecule has 7 heteroatoms. The summed E-state index contributed by atoms with van der Waals surface area (Å²) in [6.45, 7) is 1.40. The van der Waals surface area contributed by atoms with E-state index in [1.807, 2.05) is 24.3 Å². The van der Waals surface area contributed by atoms with Crippen molar-refractivity contribution in [3.63, 3.8) is 0 Å². The van der Waals surface area contributed by atoms with E-state index in [9.17, 15) is 9.59 Å². The maximum Gasteiger partial charge on any atom is 0.321 e. The summed E-state index contributed by atoms with van der Waals surface area (Å²) in [6, 6.07) is 8.62. The van der Waals surface area contributed by atoms with E-state index in [0.717, 1.165) is 24.9 Å². The highest BCUT2D eigenvalue weighted by molar-refractivity contribution is 5.98. The number of carbonyl (C=O) groups excluding carboxylic acids is 2. The quantitative estimate of drug-likeness (QED) is 0.768. The van der Waals surface area contributed by atoms with Crippen molar-refractivity contribution in [2.24, 2.45) is 0 Å². The van der Waals surface area contributed by atoms with Crippen LogP contribution in [0.2, 0.25) is 0 Å². The van der Waals surface area contributed by atoms with Gasteiger partial charge in [0.25, 0.3) is 5.91 Å². The second kappa shape index (κ2) is 7.62. The van der Waals surface area contributed by atoms with Crippen LogP contribution in [0.25, 0.3) is 0 Å². The molecule has 6 nitrogen and oxygen atoms in total. The van der Waals surface area contributed by atoms with Crippen LogP contribution in [0, 0.1) is 0 Å². The van der Waals surface area contributed by atoms with E-state index in [4.69, 9.17) is 0 Å². The zero-order valence-corrected chi connectivity index (χ0v) is 15.0. The minimum atomic E-state index is -0.0891. The average Bonchev–Trinajstić information content (AvgIpc) is 2.94. The van der Waals surface area contributed by atoms with E-state index in [2.05, 4.69) is 16.0 Å². The van der Waals surface area contributed by atoms with Gasteiger partial charge in [-0.05, 0) is 50.3 Å². The van der Waals surface area contributed by atoms with Gasteiger partial charge in [-0.3, -0.25) is 9.69 Å². The maximum absolute atomic E-state index is 12.6. The van der Waals surface area contributed by atoms with E-state index in [-0.39, 0.29) is 30.4 Å². The van der Waals surface area contributed by atoms with Crippen LogP contribution in [0.4, 0.5) is 10.5 Å². The van der Waals surface area contributed by atoms with E-state index < -0.39 is 0 Å². The molecule has 0 spiro atoms. The summed E-state index contributed by atoms with van der Waals surface area (Å²) in [5.41, 5.74) is 1.40. The lowest BCUT2D eigenvalue weighted by atomic mass is 9.99. The number of benzene rings is 1. The number of anilines is 1. The lowest BCUT2D eigenvalue weighted by Gasteiger charge is -2.30. The standard InChI is InChI=1S/C18H24N4O2.ClH/c23-17(21-15-10-13-5-6-14(11-15)20-13)12-3-1-4-16(9-12)22-8-2-7-19-18(22)24;/h1,3-4,9,13-15,20H,2,5-8,10-11H2,(H,19,24)(H,21,23);1H. The number of carbonyl (C=O) groups is 2. The highest BCUT2D eigenvalue weighted by Gasteiger charge is 2.34. The van der Waals surface area contributed by atoms with Crippen LogP contribution in [0.15, 0.2) is 24.3 Å². The topological polar surface area (TPSA) is 73.5 Å². The van der Waals surface area contributed by atoms with E-state index in [0.29, 0.717) is 30.7 Å². The molecule has 3 aliphatic rings. The number of fused-ring (bicyclic) bond motifs is 2. The zero-order valence-electron chi connectivity index (χ0n) is 14.2. The monoisotopic (exact) mass is 364 g/mol. The van der Waals surface area contributed by atoms with Gasteiger partial charge in [-0.1, -0.05) is 6.07 Å². The Kier molecular flexibility index (Phi) is 5.49. The van der Waals surface area contributed by atoms with Crippen LogP contribution in [0.1, 0.15) is 42.5 Å². The van der Waals surface area contributed by atoms with Crippen molar-refractivity contribution in [1.82, 2.24) is 16.0 Å². The molecule has 3 heterocycles. The van der Waals surface area contributed by atoms with Crippen molar-refractivity contribution < 1.29 is 9.59 Å². The fraction of sp³-hybridized carbons (Fsp3) is 0.556. The second-order valence-corrected chi connectivity index (χ2v) is 7.07. The molecule has 2 unspecified atom stereocenters.